The maximum absolute atomic E-state index is 12.1. The number of methoxy groups -OCH3 is 1. The number of benzene rings is 2. The van der Waals surface area contributed by atoms with E-state index in [1.807, 2.05) is 63.2 Å². The monoisotopic (exact) mass is 313 g/mol. The van der Waals surface area contributed by atoms with Gasteiger partial charge < -0.3 is 14.8 Å². The number of nitrogens with one attached hydrogen (secondary N) is 1. The molecule has 0 bridgehead atoms. The Morgan fingerprint density at radius 3 is 2.39 bits per heavy atom. The third kappa shape index (κ3) is 5.02. The van der Waals surface area contributed by atoms with Crippen molar-refractivity contribution < 1.29 is 14.3 Å². The van der Waals surface area contributed by atoms with Crippen molar-refractivity contribution in [2.75, 3.05) is 12.4 Å². The molecule has 2 rings (SSSR count). The number of hydrogen-bond acceptors (Lipinski definition) is 3. The first kappa shape index (κ1) is 16.9. The van der Waals surface area contributed by atoms with E-state index in [4.69, 9.17) is 9.47 Å². The van der Waals surface area contributed by atoms with Gasteiger partial charge in [-0.2, -0.15) is 0 Å². The van der Waals surface area contributed by atoms with Gasteiger partial charge in [-0.25, -0.2) is 0 Å². The standard InChI is InChI=1S/C19H23NO3/c1-13(2)23-17-8-6-16(7-9-17)20-19(21)12-15-5-10-18(22-4)14(3)11-15/h5-11,13H,12H2,1-4H3,(H,20,21). The van der Waals surface area contributed by atoms with Gasteiger partial charge in [0.2, 0.25) is 5.91 Å². The van der Waals surface area contributed by atoms with Crippen molar-refractivity contribution in [1.29, 1.82) is 0 Å². The average molecular weight is 313 g/mol. The largest absolute Gasteiger partial charge is 0.496 e. The van der Waals surface area contributed by atoms with Gasteiger partial charge in [-0.15, -0.1) is 0 Å². The van der Waals surface area contributed by atoms with Crippen LogP contribution in [0.4, 0.5) is 5.69 Å². The lowest BCUT2D eigenvalue weighted by molar-refractivity contribution is -0.115. The van der Waals surface area contributed by atoms with Gasteiger partial charge in [-0.3, -0.25) is 4.79 Å². The van der Waals surface area contributed by atoms with E-state index in [1.165, 1.54) is 0 Å². The van der Waals surface area contributed by atoms with E-state index in [1.54, 1.807) is 7.11 Å². The molecule has 0 aliphatic rings. The van der Waals surface area contributed by atoms with E-state index in [2.05, 4.69) is 5.32 Å². The van der Waals surface area contributed by atoms with Crippen LogP contribution in [-0.2, 0) is 11.2 Å². The van der Waals surface area contributed by atoms with Gasteiger partial charge in [0.15, 0.2) is 0 Å². The number of rotatable bonds is 6. The molecule has 2 aromatic rings. The number of hydrogen-bond donors (Lipinski definition) is 1. The summed E-state index contributed by atoms with van der Waals surface area (Å²) in [6.45, 7) is 5.92. The quantitative estimate of drug-likeness (QED) is 0.877. The second-order valence-electron chi connectivity index (χ2n) is 5.72. The fourth-order valence-corrected chi connectivity index (χ4v) is 2.33. The lowest BCUT2D eigenvalue weighted by atomic mass is 10.1. The van der Waals surface area contributed by atoms with E-state index < -0.39 is 0 Å². The van der Waals surface area contributed by atoms with Crippen LogP contribution in [0.5, 0.6) is 11.5 Å². The summed E-state index contributed by atoms with van der Waals surface area (Å²) in [6.07, 6.45) is 0.462. The lowest BCUT2D eigenvalue weighted by Crippen LogP contribution is -2.14. The van der Waals surface area contributed by atoms with E-state index in [0.717, 1.165) is 28.3 Å². The Hall–Kier alpha value is -2.49. The molecule has 1 amide bonds. The van der Waals surface area contributed by atoms with Crippen LogP contribution in [0, 0.1) is 6.92 Å². The molecule has 122 valence electrons. The summed E-state index contributed by atoms with van der Waals surface area (Å²) in [5.41, 5.74) is 2.74. The summed E-state index contributed by atoms with van der Waals surface area (Å²) < 4.78 is 10.8. The van der Waals surface area contributed by atoms with E-state index >= 15 is 0 Å². The average Bonchev–Trinajstić information content (AvgIpc) is 2.49. The molecule has 0 unspecified atom stereocenters. The minimum atomic E-state index is -0.0490. The van der Waals surface area contributed by atoms with Gasteiger partial charge in [0.05, 0.1) is 19.6 Å². The number of amides is 1. The van der Waals surface area contributed by atoms with Crippen LogP contribution in [-0.4, -0.2) is 19.1 Å². The molecule has 0 atom stereocenters. The molecule has 0 aliphatic carbocycles. The van der Waals surface area contributed by atoms with Crippen molar-refractivity contribution in [3.05, 3.63) is 53.6 Å². The molecule has 0 heterocycles. The normalized spacial score (nSPS) is 10.5. The summed E-state index contributed by atoms with van der Waals surface area (Å²) >= 11 is 0. The Balaban J connectivity index is 1.95. The molecule has 0 aromatic heterocycles. The number of ether oxygens (including phenoxy) is 2. The number of anilines is 1. The van der Waals surface area contributed by atoms with Crippen molar-refractivity contribution in [2.24, 2.45) is 0 Å². The number of carbonyl (C=O) groups is 1. The predicted molar refractivity (Wildman–Crippen MR) is 92.3 cm³/mol. The zero-order valence-electron chi connectivity index (χ0n) is 14.1. The van der Waals surface area contributed by atoms with Crippen molar-refractivity contribution in [3.63, 3.8) is 0 Å². The molecule has 0 spiro atoms. The van der Waals surface area contributed by atoms with Crippen LogP contribution in [0.25, 0.3) is 0 Å². The highest BCUT2D eigenvalue weighted by Crippen LogP contribution is 2.20. The molecule has 0 saturated heterocycles. The van der Waals surface area contributed by atoms with Gasteiger partial charge in [-0.05, 0) is 62.2 Å². The molecule has 2 aromatic carbocycles. The Morgan fingerprint density at radius 1 is 1.13 bits per heavy atom. The topological polar surface area (TPSA) is 47.6 Å². The predicted octanol–water partition coefficient (Wildman–Crippen LogP) is 3.97. The highest BCUT2D eigenvalue weighted by molar-refractivity contribution is 5.92. The van der Waals surface area contributed by atoms with Gasteiger partial charge in [0.25, 0.3) is 0 Å². The molecule has 0 aliphatic heterocycles. The van der Waals surface area contributed by atoms with E-state index in [9.17, 15) is 4.79 Å². The van der Waals surface area contributed by atoms with Crippen LogP contribution in [0.2, 0.25) is 0 Å². The minimum Gasteiger partial charge on any atom is -0.496 e. The van der Waals surface area contributed by atoms with Crippen LogP contribution >= 0.6 is 0 Å². The Labute approximate surface area is 137 Å². The first-order valence-electron chi connectivity index (χ1n) is 7.68. The Morgan fingerprint density at radius 2 is 1.83 bits per heavy atom. The molecule has 23 heavy (non-hydrogen) atoms. The van der Waals surface area contributed by atoms with Gasteiger partial charge in [0, 0.05) is 5.69 Å². The smallest absolute Gasteiger partial charge is 0.228 e. The third-order valence-corrected chi connectivity index (χ3v) is 3.33. The zero-order chi connectivity index (χ0) is 16.8. The van der Waals surface area contributed by atoms with Crippen molar-refractivity contribution in [3.8, 4) is 11.5 Å². The van der Waals surface area contributed by atoms with Crippen LogP contribution in [0.15, 0.2) is 42.5 Å². The minimum absolute atomic E-state index is 0.0490. The summed E-state index contributed by atoms with van der Waals surface area (Å²) in [7, 11) is 1.64. The summed E-state index contributed by atoms with van der Waals surface area (Å²) in [4.78, 5) is 12.1. The van der Waals surface area contributed by atoms with Crippen molar-refractivity contribution >= 4 is 11.6 Å². The lowest BCUT2D eigenvalue weighted by Gasteiger charge is -2.11. The molecule has 4 heteroatoms. The molecule has 0 saturated carbocycles. The van der Waals surface area contributed by atoms with E-state index in [-0.39, 0.29) is 12.0 Å². The molecule has 4 nitrogen and oxygen atoms in total. The second-order valence-corrected chi connectivity index (χ2v) is 5.72. The highest BCUT2D eigenvalue weighted by atomic mass is 16.5. The highest BCUT2D eigenvalue weighted by Gasteiger charge is 2.07. The van der Waals surface area contributed by atoms with Gasteiger partial charge in [-0.1, -0.05) is 12.1 Å². The summed E-state index contributed by atoms with van der Waals surface area (Å²) in [5.74, 6) is 1.57. The third-order valence-electron chi connectivity index (χ3n) is 3.33. The fraction of sp³-hybridized carbons (Fsp3) is 0.316. The maximum atomic E-state index is 12.1. The molecule has 1 N–H and O–H groups in total. The Kier molecular flexibility index (Phi) is 5.63. The first-order chi connectivity index (χ1) is 11.0. The molecular formula is C19H23NO3. The first-order valence-corrected chi connectivity index (χ1v) is 7.68. The molecule has 0 radical (unpaired) electrons. The summed E-state index contributed by atoms with van der Waals surface area (Å²) in [5, 5.41) is 2.89. The number of carbonyl (C=O) groups excluding carboxylic acids is 1. The van der Waals surface area contributed by atoms with Crippen molar-refractivity contribution in [2.45, 2.75) is 33.3 Å². The zero-order valence-corrected chi connectivity index (χ0v) is 14.1. The van der Waals surface area contributed by atoms with Crippen LogP contribution < -0.4 is 14.8 Å². The second kappa shape index (κ2) is 7.68. The maximum Gasteiger partial charge on any atom is 0.228 e. The summed E-state index contributed by atoms with van der Waals surface area (Å²) in [6, 6.07) is 13.2. The van der Waals surface area contributed by atoms with Crippen LogP contribution in [0.1, 0.15) is 25.0 Å². The fourth-order valence-electron chi connectivity index (χ4n) is 2.33. The molecular weight excluding hydrogens is 290 g/mol. The van der Waals surface area contributed by atoms with Crippen LogP contribution in [0.3, 0.4) is 0 Å². The molecule has 0 fully saturated rings. The SMILES string of the molecule is COc1ccc(CC(=O)Nc2ccc(OC(C)C)cc2)cc1C. The van der Waals surface area contributed by atoms with Gasteiger partial charge >= 0.3 is 0 Å². The van der Waals surface area contributed by atoms with Gasteiger partial charge in [0.1, 0.15) is 11.5 Å². The Bertz CT molecular complexity index is 663. The van der Waals surface area contributed by atoms with Crippen molar-refractivity contribution in [1.82, 2.24) is 0 Å². The van der Waals surface area contributed by atoms with E-state index in [0.29, 0.717) is 6.42 Å². The number of aryl methyl sites for hydroxylation is 1.